The van der Waals surface area contributed by atoms with Crippen molar-refractivity contribution in [1.29, 1.82) is 5.26 Å². The van der Waals surface area contributed by atoms with E-state index >= 15 is 0 Å². The van der Waals surface area contributed by atoms with Crippen LogP contribution in [0.1, 0.15) is 43.4 Å². The molecule has 1 aromatic heterocycles. The van der Waals surface area contributed by atoms with Gasteiger partial charge in [0.1, 0.15) is 16.6 Å². The number of carbonyl (C=O) groups excluding carboxylic acids is 2. The van der Waals surface area contributed by atoms with Crippen molar-refractivity contribution >= 4 is 28.5 Å². The molecule has 3 unspecified atom stereocenters. The van der Waals surface area contributed by atoms with Crippen molar-refractivity contribution in [3.05, 3.63) is 11.3 Å². The molecule has 0 radical (unpaired) electrons. The van der Waals surface area contributed by atoms with Crippen molar-refractivity contribution in [1.82, 2.24) is 19.5 Å². The van der Waals surface area contributed by atoms with Gasteiger partial charge in [-0.05, 0) is 44.1 Å². The summed E-state index contributed by atoms with van der Waals surface area (Å²) in [6.07, 6.45) is 4.61. The predicted octanol–water partition coefficient (Wildman–Crippen LogP) is 1.67. The molecule has 0 spiro atoms. The number of fused-ring (bicyclic) bond motifs is 1. The van der Waals surface area contributed by atoms with Crippen molar-refractivity contribution in [2.45, 2.75) is 57.2 Å². The maximum absolute atomic E-state index is 12.3. The first-order valence-electron chi connectivity index (χ1n) is 9.52. The minimum Gasteiger partial charge on any atom is -0.337 e. The van der Waals surface area contributed by atoms with Crippen LogP contribution < -0.4 is 10.6 Å². The smallest absolute Gasteiger partial charge is 0.320 e. The third kappa shape index (κ3) is 3.64. The molecule has 1 aliphatic carbocycles. The Balaban J connectivity index is 1.28. The van der Waals surface area contributed by atoms with Crippen LogP contribution in [0.3, 0.4) is 0 Å². The van der Waals surface area contributed by atoms with Crippen LogP contribution in [0.5, 0.6) is 0 Å². The number of nitrogens with one attached hydrogen (secondary N) is 2. The van der Waals surface area contributed by atoms with Crippen LogP contribution in [0.2, 0.25) is 0 Å². The summed E-state index contributed by atoms with van der Waals surface area (Å²) < 4.78 is 4.12. The minimum atomic E-state index is -0.271. The van der Waals surface area contributed by atoms with Gasteiger partial charge in [0.15, 0.2) is 0 Å². The lowest BCUT2D eigenvalue weighted by molar-refractivity contribution is -0.131. The maximum atomic E-state index is 12.3. The summed E-state index contributed by atoms with van der Waals surface area (Å²) in [7, 11) is 0. The van der Waals surface area contributed by atoms with E-state index < -0.39 is 0 Å². The number of carbonyl (C=O) groups is 2. The normalized spacial score (nSPS) is 28.1. The van der Waals surface area contributed by atoms with Crippen LogP contribution in [-0.2, 0) is 4.79 Å². The molecule has 4 rings (SSSR count). The number of aryl methyl sites for hydroxylation is 1. The number of nitriles is 1. The molecule has 3 heterocycles. The molecule has 2 aliphatic heterocycles. The fourth-order valence-electron chi connectivity index (χ4n) is 4.55. The number of amides is 3. The lowest BCUT2D eigenvalue weighted by Gasteiger charge is -2.40. The zero-order valence-electron chi connectivity index (χ0n) is 15.4. The van der Waals surface area contributed by atoms with Gasteiger partial charge in [0.25, 0.3) is 0 Å². The van der Waals surface area contributed by atoms with E-state index in [9.17, 15) is 9.59 Å². The highest BCUT2D eigenvalue weighted by Crippen LogP contribution is 2.30. The lowest BCUT2D eigenvalue weighted by atomic mass is 10.1. The highest BCUT2D eigenvalue weighted by Gasteiger charge is 2.39. The molecular formula is C18H24N6O2S. The second-order valence-corrected chi connectivity index (χ2v) is 8.39. The minimum absolute atomic E-state index is 0.137. The molecule has 8 nitrogen and oxygen atoms in total. The van der Waals surface area contributed by atoms with Gasteiger partial charge in [-0.2, -0.15) is 9.64 Å². The van der Waals surface area contributed by atoms with E-state index in [1.807, 2.05) is 4.90 Å². The summed E-state index contributed by atoms with van der Waals surface area (Å²) in [5.41, 5.74) is 1.08. The van der Waals surface area contributed by atoms with Gasteiger partial charge in [-0.25, -0.2) is 4.79 Å². The Hall–Kier alpha value is -2.18. The number of aromatic nitrogens is 1. The molecule has 9 heteroatoms. The van der Waals surface area contributed by atoms with Gasteiger partial charge in [0.2, 0.25) is 5.91 Å². The first-order valence-corrected chi connectivity index (χ1v) is 10.3. The summed E-state index contributed by atoms with van der Waals surface area (Å²) in [4.78, 5) is 28.7. The average molecular weight is 388 g/mol. The molecular weight excluding hydrogens is 364 g/mol. The molecule has 3 fully saturated rings. The number of anilines is 1. The van der Waals surface area contributed by atoms with E-state index in [-0.39, 0.29) is 12.1 Å². The number of hydrogen-bond acceptors (Lipinski definition) is 6. The van der Waals surface area contributed by atoms with Crippen LogP contribution >= 0.6 is 11.5 Å². The Labute approximate surface area is 162 Å². The van der Waals surface area contributed by atoms with E-state index in [0.29, 0.717) is 40.7 Å². The summed E-state index contributed by atoms with van der Waals surface area (Å²) >= 11 is 1.13. The van der Waals surface area contributed by atoms with Crippen molar-refractivity contribution in [2.24, 2.45) is 0 Å². The first kappa shape index (κ1) is 18.2. The zero-order chi connectivity index (χ0) is 19.0. The molecule has 3 amide bonds. The molecule has 3 atom stereocenters. The van der Waals surface area contributed by atoms with Crippen molar-refractivity contribution in [2.75, 3.05) is 25.0 Å². The van der Waals surface area contributed by atoms with Gasteiger partial charge in [-0.1, -0.05) is 0 Å². The molecule has 3 aliphatic rings. The first-order chi connectivity index (χ1) is 13.0. The van der Waals surface area contributed by atoms with Crippen LogP contribution in [0, 0.1) is 18.3 Å². The second kappa shape index (κ2) is 7.44. The second-order valence-electron chi connectivity index (χ2n) is 7.62. The molecule has 2 saturated heterocycles. The zero-order valence-corrected chi connectivity index (χ0v) is 16.2. The summed E-state index contributed by atoms with van der Waals surface area (Å²) in [6, 6.07) is 2.79. The maximum Gasteiger partial charge on any atom is 0.320 e. The Morgan fingerprint density at radius 1 is 1.30 bits per heavy atom. The van der Waals surface area contributed by atoms with E-state index in [2.05, 4.69) is 26.0 Å². The highest BCUT2D eigenvalue weighted by atomic mass is 32.1. The predicted molar refractivity (Wildman–Crippen MR) is 101 cm³/mol. The third-order valence-corrected chi connectivity index (χ3v) is 6.84. The third-order valence-electron chi connectivity index (χ3n) is 5.98. The van der Waals surface area contributed by atoms with Crippen molar-refractivity contribution in [3.8, 4) is 6.07 Å². The fraction of sp³-hybridized carbons (Fsp3) is 0.667. The standard InChI is InChI=1S/C18H24N6O2S/c1-11-15(9-19)17(27-22-11)21-18(26)20-12-2-3-13(8-12)23-6-7-24-14(10-23)4-5-16(24)25/h12-14H,2-8,10H2,1H3,(H2,20,21,26). The van der Waals surface area contributed by atoms with Crippen LogP contribution in [0.4, 0.5) is 9.80 Å². The van der Waals surface area contributed by atoms with Gasteiger partial charge in [0.05, 0.1) is 5.69 Å². The molecule has 27 heavy (non-hydrogen) atoms. The van der Waals surface area contributed by atoms with Gasteiger partial charge in [0, 0.05) is 44.2 Å². The average Bonchev–Trinajstić information content (AvgIpc) is 3.35. The number of rotatable bonds is 3. The van der Waals surface area contributed by atoms with Crippen LogP contribution in [0.25, 0.3) is 0 Å². The molecule has 0 aromatic carbocycles. The van der Waals surface area contributed by atoms with E-state index in [1.54, 1.807) is 6.92 Å². The van der Waals surface area contributed by atoms with Gasteiger partial charge >= 0.3 is 6.03 Å². The number of hydrogen-bond donors (Lipinski definition) is 2. The molecule has 1 saturated carbocycles. The van der Waals surface area contributed by atoms with E-state index in [4.69, 9.17) is 5.26 Å². The number of urea groups is 1. The largest absolute Gasteiger partial charge is 0.337 e. The lowest BCUT2D eigenvalue weighted by Crippen LogP contribution is -2.54. The molecule has 2 N–H and O–H groups in total. The number of nitrogens with zero attached hydrogens (tertiary/aromatic N) is 4. The van der Waals surface area contributed by atoms with Crippen LogP contribution in [-0.4, -0.2) is 63.9 Å². The summed E-state index contributed by atoms with van der Waals surface area (Å²) in [5.74, 6) is 0.303. The SMILES string of the molecule is Cc1nsc(NC(=O)NC2CCC(N3CCN4C(=O)CCC4C3)C2)c1C#N. The topological polar surface area (TPSA) is 101 Å². The van der Waals surface area contributed by atoms with Crippen LogP contribution in [0.15, 0.2) is 0 Å². The number of piperazine rings is 1. The molecule has 1 aromatic rings. The van der Waals surface area contributed by atoms with Crippen molar-refractivity contribution in [3.63, 3.8) is 0 Å². The van der Waals surface area contributed by atoms with Gasteiger partial charge in [-0.3, -0.25) is 15.0 Å². The Morgan fingerprint density at radius 2 is 2.15 bits per heavy atom. The molecule has 144 valence electrons. The highest BCUT2D eigenvalue weighted by molar-refractivity contribution is 7.10. The fourth-order valence-corrected chi connectivity index (χ4v) is 5.29. The summed E-state index contributed by atoms with van der Waals surface area (Å²) in [6.45, 7) is 4.48. The Morgan fingerprint density at radius 3 is 2.96 bits per heavy atom. The van der Waals surface area contributed by atoms with Crippen molar-refractivity contribution < 1.29 is 9.59 Å². The van der Waals surface area contributed by atoms with Gasteiger partial charge in [-0.15, -0.1) is 0 Å². The monoisotopic (exact) mass is 388 g/mol. The molecule has 0 bridgehead atoms. The quantitative estimate of drug-likeness (QED) is 0.820. The Kier molecular flexibility index (Phi) is 5.02. The Bertz CT molecular complexity index is 787. The van der Waals surface area contributed by atoms with Gasteiger partial charge < -0.3 is 10.2 Å². The van der Waals surface area contributed by atoms with E-state index in [0.717, 1.165) is 56.9 Å². The van der Waals surface area contributed by atoms with E-state index in [1.165, 1.54) is 0 Å². The summed E-state index contributed by atoms with van der Waals surface area (Å²) in [5, 5.41) is 15.5.